The van der Waals surface area contributed by atoms with Crippen molar-refractivity contribution in [1.82, 2.24) is 9.78 Å². The number of nitrogens with two attached hydrogens (primary N) is 1. The number of aromatic nitrogens is 2. The Bertz CT molecular complexity index is 861. The third-order valence-corrected chi connectivity index (χ3v) is 3.32. The predicted octanol–water partition coefficient (Wildman–Crippen LogP) is 4.07. The minimum absolute atomic E-state index is 0.518. The molecule has 0 saturated heterocycles. The van der Waals surface area contributed by atoms with E-state index in [9.17, 15) is 4.79 Å². The van der Waals surface area contributed by atoms with Crippen molar-refractivity contribution >= 4 is 22.7 Å². The topological polar surface area (TPSA) is 70.1 Å². The van der Waals surface area contributed by atoms with Gasteiger partial charge in [-0.05, 0) is 39.0 Å². The zero-order valence-electron chi connectivity index (χ0n) is 13.4. The molecule has 23 heavy (non-hydrogen) atoms. The molecule has 3 aromatic rings. The lowest BCUT2D eigenvalue weighted by molar-refractivity contribution is 0.0523. The average Bonchev–Trinajstić information content (AvgIpc) is 2.85. The zero-order chi connectivity index (χ0) is 16.6. The summed E-state index contributed by atoms with van der Waals surface area (Å²) >= 11 is 0. The summed E-state index contributed by atoms with van der Waals surface area (Å²) in [5, 5.41) is 5.33. The van der Waals surface area contributed by atoms with E-state index >= 15 is 0 Å². The molecular formula is C18H19N3O2. The number of ether oxygens (including phenoxy) is 1. The molecule has 0 fully saturated rings. The molecule has 0 spiro atoms. The van der Waals surface area contributed by atoms with Gasteiger partial charge in [-0.2, -0.15) is 9.78 Å². The summed E-state index contributed by atoms with van der Waals surface area (Å²) in [6, 6.07) is 15.1. The van der Waals surface area contributed by atoms with E-state index in [1.807, 2.05) is 57.2 Å². The van der Waals surface area contributed by atoms with Gasteiger partial charge in [0.15, 0.2) is 0 Å². The van der Waals surface area contributed by atoms with Gasteiger partial charge in [-0.1, -0.05) is 30.3 Å². The zero-order valence-corrected chi connectivity index (χ0v) is 13.4. The maximum atomic E-state index is 12.5. The molecule has 118 valence electrons. The van der Waals surface area contributed by atoms with Crippen molar-refractivity contribution < 1.29 is 9.53 Å². The van der Waals surface area contributed by atoms with Gasteiger partial charge in [-0.15, -0.1) is 0 Å². The lowest BCUT2D eigenvalue weighted by Crippen LogP contribution is -2.27. The van der Waals surface area contributed by atoms with E-state index in [0.29, 0.717) is 11.2 Å². The van der Waals surface area contributed by atoms with Crippen LogP contribution in [0.25, 0.3) is 22.2 Å². The SMILES string of the molecule is CC(C)(C)OC(=O)n1nc(-c2ccccc2)c2ccc(N)cc21. The quantitative estimate of drug-likeness (QED) is 0.688. The molecule has 2 N–H and O–H groups in total. The fraction of sp³-hybridized carbons (Fsp3) is 0.222. The lowest BCUT2D eigenvalue weighted by Gasteiger charge is -2.19. The van der Waals surface area contributed by atoms with E-state index in [1.165, 1.54) is 4.68 Å². The number of nitrogen functional groups attached to an aromatic ring is 1. The van der Waals surface area contributed by atoms with Crippen molar-refractivity contribution in [1.29, 1.82) is 0 Å². The molecule has 1 heterocycles. The summed E-state index contributed by atoms with van der Waals surface area (Å²) in [4.78, 5) is 12.5. The maximum absolute atomic E-state index is 12.5. The summed E-state index contributed by atoms with van der Waals surface area (Å²) in [6.07, 6.45) is -0.518. The Morgan fingerprint density at radius 3 is 2.48 bits per heavy atom. The number of hydrogen-bond donors (Lipinski definition) is 1. The minimum Gasteiger partial charge on any atom is -0.442 e. The van der Waals surface area contributed by atoms with Gasteiger partial charge in [-0.25, -0.2) is 4.79 Å². The Labute approximate surface area is 134 Å². The number of nitrogens with zero attached hydrogens (tertiary/aromatic N) is 2. The second-order valence-electron chi connectivity index (χ2n) is 6.38. The molecule has 1 aromatic heterocycles. The van der Waals surface area contributed by atoms with E-state index in [2.05, 4.69) is 5.10 Å². The van der Waals surface area contributed by atoms with Crippen molar-refractivity contribution in [3.05, 3.63) is 48.5 Å². The molecule has 0 aliphatic carbocycles. The molecular weight excluding hydrogens is 290 g/mol. The number of benzene rings is 2. The first-order valence-corrected chi connectivity index (χ1v) is 7.42. The summed E-state index contributed by atoms with van der Waals surface area (Å²) in [6.45, 7) is 5.47. The van der Waals surface area contributed by atoms with E-state index < -0.39 is 11.7 Å². The Kier molecular flexibility index (Phi) is 3.56. The van der Waals surface area contributed by atoms with Gasteiger partial charge in [0.25, 0.3) is 0 Å². The van der Waals surface area contributed by atoms with Crippen LogP contribution in [0.5, 0.6) is 0 Å². The van der Waals surface area contributed by atoms with Gasteiger partial charge >= 0.3 is 6.09 Å². The second-order valence-corrected chi connectivity index (χ2v) is 6.38. The average molecular weight is 309 g/mol. The fourth-order valence-electron chi connectivity index (χ4n) is 2.39. The van der Waals surface area contributed by atoms with Gasteiger partial charge in [0.2, 0.25) is 0 Å². The van der Waals surface area contributed by atoms with Crippen LogP contribution in [0.1, 0.15) is 20.8 Å². The van der Waals surface area contributed by atoms with Crippen LogP contribution < -0.4 is 5.73 Å². The molecule has 5 heteroatoms. The second kappa shape index (κ2) is 5.43. The summed E-state index contributed by atoms with van der Waals surface area (Å²) in [7, 11) is 0. The van der Waals surface area contributed by atoms with Crippen LogP contribution >= 0.6 is 0 Å². The van der Waals surface area contributed by atoms with Crippen LogP contribution in [0.15, 0.2) is 48.5 Å². The normalized spacial score (nSPS) is 11.6. The van der Waals surface area contributed by atoms with Crippen molar-refractivity contribution in [3.8, 4) is 11.3 Å². The number of hydrogen-bond acceptors (Lipinski definition) is 4. The van der Waals surface area contributed by atoms with E-state index in [4.69, 9.17) is 10.5 Å². The van der Waals surface area contributed by atoms with Crippen LogP contribution in [0, 0.1) is 0 Å². The molecule has 0 amide bonds. The summed E-state index contributed by atoms with van der Waals surface area (Å²) in [5.74, 6) is 0. The fourth-order valence-corrected chi connectivity index (χ4v) is 2.39. The first-order chi connectivity index (χ1) is 10.8. The van der Waals surface area contributed by atoms with Crippen LogP contribution in [0.4, 0.5) is 10.5 Å². The third kappa shape index (κ3) is 3.04. The summed E-state index contributed by atoms with van der Waals surface area (Å²) in [5.41, 5.74) is 8.15. The van der Waals surface area contributed by atoms with Crippen LogP contribution in [0.3, 0.4) is 0 Å². The first kappa shape index (κ1) is 15.1. The molecule has 0 saturated carbocycles. The van der Waals surface area contributed by atoms with Gasteiger partial charge < -0.3 is 10.5 Å². The highest BCUT2D eigenvalue weighted by Crippen LogP contribution is 2.29. The molecule has 0 unspecified atom stereocenters. The van der Waals surface area contributed by atoms with Crippen LogP contribution in [0.2, 0.25) is 0 Å². The highest BCUT2D eigenvalue weighted by atomic mass is 16.6. The number of carbonyl (C=O) groups is 1. The minimum atomic E-state index is -0.595. The number of carbonyl (C=O) groups excluding carboxylic acids is 1. The van der Waals surface area contributed by atoms with Gasteiger partial charge in [-0.3, -0.25) is 0 Å². The van der Waals surface area contributed by atoms with Crippen LogP contribution in [-0.4, -0.2) is 21.5 Å². The standard InChI is InChI=1S/C18H19N3O2/c1-18(2,3)23-17(22)21-15-11-13(19)9-10-14(15)16(20-21)12-7-5-4-6-8-12/h4-11H,19H2,1-3H3. The van der Waals surface area contributed by atoms with Crippen molar-refractivity contribution in [3.63, 3.8) is 0 Å². The van der Waals surface area contributed by atoms with E-state index in [1.54, 1.807) is 12.1 Å². The molecule has 0 atom stereocenters. The Balaban J connectivity index is 2.19. The largest absolute Gasteiger partial charge is 0.442 e. The van der Waals surface area contributed by atoms with Crippen LogP contribution in [-0.2, 0) is 4.74 Å². The van der Waals surface area contributed by atoms with Gasteiger partial charge in [0, 0.05) is 16.6 Å². The molecule has 0 aliphatic heterocycles. The van der Waals surface area contributed by atoms with Crippen molar-refractivity contribution in [2.24, 2.45) is 0 Å². The van der Waals surface area contributed by atoms with Gasteiger partial charge in [0.1, 0.15) is 11.3 Å². The molecule has 3 rings (SSSR count). The number of fused-ring (bicyclic) bond motifs is 1. The van der Waals surface area contributed by atoms with Gasteiger partial charge in [0.05, 0.1) is 5.52 Å². The van der Waals surface area contributed by atoms with E-state index in [0.717, 1.165) is 16.6 Å². The Morgan fingerprint density at radius 2 is 1.83 bits per heavy atom. The Morgan fingerprint density at radius 1 is 1.13 bits per heavy atom. The molecule has 2 aromatic carbocycles. The molecule has 0 bridgehead atoms. The predicted molar refractivity (Wildman–Crippen MR) is 91.2 cm³/mol. The highest BCUT2D eigenvalue weighted by molar-refractivity contribution is 5.98. The number of rotatable bonds is 1. The highest BCUT2D eigenvalue weighted by Gasteiger charge is 2.22. The number of anilines is 1. The smallest absolute Gasteiger partial charge is 0.435 e. The van der Waals surface area contributed by atoms with E-state index in [-0.39, 0.29) is 0 Å². The molecule has 5 nitrogen and oxygen atoms in total. The first-order valence-electron chi connectivity index (χ1n) is 7.42. The molecule has 0 aliphatic rings. The lowest BCUT2D eigenvalue weighted by atomic mass is 10.1. The monoisotopic (exact) mass is 309 g/mol. The third-order valence-electron chi connectivity index (χ3n) is 3.32. The van der Waals surface area contributed by atoms with Crippen molar-refractivity contribution in [2.45, 2.75) is 26.4 Å². The maximum Gasteiger partial charge on any atom is 0.435 e. The Hall–Kier alpha value is -2.82. The van der Waals surface area contributed by atoms with Crippen molar-refractivity contribution in [2.75, 3.05) is 5.73 Å². The summed E-state index contributed by atoms with van der Waals surface area (Å²) < 4.78 is 6.72. The molecule has 0 radical (unpaired) electrons.